The van der Waals surface area contributed by atoms with Gasteiger partial charge in [0.15, 0.2) is 0 Å². The van der Waals surface area contributed by atoms with Crippen LogP contribution in [0.1, 0.15) is 62.7 Å². The van der Waals surface area contributed by atoms with E-state index in [0.717, 1.165) is 49.4 Å². The fraction of sp³-hybridized carbons (Fsp3) is 0.500. The molecule has 3 aromatic rings. The Hall–Kier alpha value is -3.03. The number of anilines is 1. The Kier molecular flexibility index (Phi) is 5.99. The number of pyridine rings is 1. The second-order valence-electron chi connectivity index (χ2n) is 13.3. The topological polar surface area (TPSA) is 81.7 Å². The lowest BCUT2D eigenvalue weighted by Gasteiger charge is -2.70. The smallest absolute Gasteiger partial charge is 0.339 e. The lowest BCUT2D eigenvalue weighted by Crippen LogP contribution is -2.65. The summed E-state index contributed by atoms with van der Waals surface area (Å²) in [5.74, 6) is -0.162. The van der Waals surface area contributed by atoms with Gasteiger partial charge in [-0.1, -0.05) is 25.0 Å². The third-order valence-electron chi connectivity index (χ3n) is 9.74. The van der Waals surface area contributed by atoms with Gasteiger partial charge in [-0.15, -0.1) is 11.6 Å². The zero-order chi connectivity index (χ0) is 27.7. The molecule has 1 saturated heterocycles. The Morgan fingerprint density at radius 1 is 1.12 bits per heavy atom. The van der Waals surface area contributed by atoms with Gasteiger partial charge in [0.05, 0.1) is 6.20 Å². The molecule has 2 N–H and O–H groups in total. The highest BCUT2D eigenvalue weighted by molar-refractivity contribution is 6.26. The Labute approximate surface area is 240 Å². The predicted molar refractivity (Wildman–Crippen MR) is 158 cm³/mol. The van der Waals surface area contributed by atoms with Crippen molar-refractivity contribution in [1.29, 1.82) is 0 Å². The number of carbonyl (C=O) groups is 1. The molecular formula is C32H37ClN4O3. The number of carboxylic acid groups (broad SMARTS) is 1. The predicted octanol–water partition coefficient (Wildman–Crippen LogP) is 6.84. The molecule has 1 aliphatic heterocycles. The molecule has 2 bridgehead atoms. The molecule has 7 nitrogen and oxygen atoms in total. The average molecular weight is 561 g/mol. The number of aromatic nitrogens is 2. The Morgan fingerprint density at radius 2 is 1.90 bits per heavy atom. The van der Waals surface area contributed by atoms with Crippen molar-refractivity contribution in [2.75, 3.05) is 37.6 Å². The first-order valence-corrected chi connectivity index (χ1v) is 14.8. The standard InChI is InChI=1S/C32H37ClN4O3/c1-30(2)7-5-22(26(15-30)31-18-32(33,19-31)20-31)17-36-9-11-37(12-10-36)23-3-4-25(29(38)39)27(14-23)40-24-13-21-6-8-34-28(21)35-16-24/h3-4,6,8,13-14,16H,5,7,9-12,15,17-20H2,1-2H3,(H,34,35)(H,38,39). The second-order valence-corrected chi connectivity index (χ2v) is 14.1. The number of fused-ring (bicyclic) bond motifs is 1. The fourth-order valence-electron chi connectivity index (χ4n) is 7.56. The van der Waals surface area contributed by atoms with E-state index < -0.39 is 5.97 Å². The van der Waals surface area contributed by atoms with Crippen molar-refractivity contribution in [3.63, 3.8) is 0 Å². The molecule has 1 aromatic carbocycles. The van der Waals surface area contributed by atoms with Crippen LogP contribution in [-0.4, -0.2) is 63.5 Å². The summed E-state index contributed by atoms with van der Waals surface area (Å²) in [6, 6.07) is 9.18. The number of H-pyrrole nitrogens is 1. The summed E-state index contributed by atoms with van der Waals surface area (Å²) < 4.78 is 6.08. The zero-order valence-corrected chi connectivity index (χ0v) is 24.1. The summed E-state index contributed by atoms with van der Waals surface area (Å²) >= 11 is 6.68. The number of nitrogens with one attached hydrogen (secondary N) is 1. The van der Waals surface area contributed by atoms with Gasteiger partial charge in [0.1, 0.15) is 22.7 Å². The summed E-state index contributed by atoms with van der Waals surface area (Å²) in [5.41, 5.74) is 6.11. The first-order chi connectivity index (χ1) is 19.1. The van der Waals surface area contributed by atoms with Crippen LogP contribution in [0.4, 0.5) is 5.69 Å². The maximum Gasteiger partial charge on any atom is 0.339 e. The molecule has 5 aliphatic rings. The number of carboxylic acids is 1. The molecule has 210 valence electrons. The summed E-state index contributed by atoms with van der Waals surface area (Å²) in [6.45, 7) is 9.67. The van der Waals surface area contributed by atoms with Crippen molar-refractivity contribution >= 4 is 34.3 Å². The maximum absolute atomic E-state index is 12.0. The molecule has 2 aromatic heterocycles. The number of benzene rings is 1. The lowest BCUT2D eigenvalue weighted by atomic mass is 9.39. The lowest BCUT2D eigenvalue weighted by molar-refractivity contribution is -0.0535. The van der Waals surface area contributed by atoms with Gasteiger partial charge in [0.25, 0.3) is 0 Å². The molecule has 4 fully saturated rings. The number of allylic oxidation sites excluding steroid dienone is 1. The van der Waals surface area contributed by atoms with E-state index in [1.165, 1.54) is 38.5 Å². The third kappa shape index (κ3) is 4.57. The Balaban J connectivity index is 1.05. The van der Waals surface area contributed by atoms with Crippen LogP contribution in [0, 0.1) is 10.8 Å². The number of halogens is 1. The van der Waals surface area contributed by atoms with Crippen molar-refractivity contribution in [3.05, 3.63) is 59.4 Å². The average Bonchev–Trinajstić information content (AvgIpc) is 3.35. The van der Waals surface area contributed by atoms with E-state index >= 15 is 0 Å². The second kappa shape index (κ2) is 9.25. The van der Waals surface area contributed by atoms with E-state index in [0.29, 0.717) is 22.3 Å². The Morgan fingerprint density at radius 3 is 2.62 bits per heavy atom. The van der Waals surface area contributed by atoms with E-state index in [-0.39, 0.29) is 10.4 Å². The van der Waals surface area contributed by atoms with Crippen molar-refractivity contribution < 1.29 is 14.6 Å². The van der Waals surface area contributed by atoms with Crippen molar-refractivity contribution in [3.8, 4) is 11.5 Å². The summed E-state index contributed by atoms with van der Waals surface area (Å²) in [7, 11) is 0. The van der Waals surface area contributed by atoms with Crippen molar-refractivity contribution in [1.82, 2.24) is 14.9 Å². The van der Waals surface area contributed by atoms with Crippen LogP contribution in [0.15, 0.2) is 53.9 Å². The molecule has 4 aliphatic carbocycles. The van der Waals surface area contributed by atoms with Crippen LogP contribution in [0.5, 0.6) is 11.5 Å². The first kappa shape index (κ1) is 25.9. The summed E-state index contributed by atoms with van der Waals surface area (Å²) in [5, 5.41) is 10.7. The molecule has 8 rings (SSSR count). The molecule has 0 spiro atoms. The van der Waals surface area contributed by atoms with Crippen LogP contribution in [0.3, 0.4) is 0 Å². The van der Waals surface area contributed by atoms with E-state index in [4.69, 9.17) is 16.3 Å². The third-order valence-corrected chi connectivity index (χ3v) is 10.1. The molecule has 0 unspecified atom stereocenters. The highest BCUT2D eigenvalue weighted by Crippen LogP contribution is 2.75. The molecule has 40 heavy (non-hydrogen) atoms. The number of hydrogen-bond acceptors (Lipinski definition) is 5. The molecule has 0 amide bonds. The molecular weight excluding hydrogens is 524 g/mol. The highest BCUT2D eigenvalue weighted by Gasteiger charge is 2.69. The molecule has 8 heteroatoms. The van der Waals surface area contributed by atoms with Gasteiger partial charge in [-0.25, -0.2) is 9.78 Å². The van der Waals surface area contributed by atoms with Gasteiger partial charge in [0, 0.05) is 60.9 Å². The van der Waals surface area contributed by atoms with Gasteiger partial charge < -0.3 is 19.7 Å². The van der Waals surface area contributed by atoms with Crippen LogP contribution < -0.4 is 9.64 Å². The minimum absolute atomic E-state index is 0.107. The number of rotatable bonds is 7. The van der Waals surface area contributed by atoms with Gasteiger partial charge in [0.2, 0.25) is 0 Å². The van der Waals surface area contributed by atoms with Crippen LogP contribution in [0.2, 0.25) is 0 Å². The number of alkyl halides is 1. The minimum atomic E-state index is -1.01. The largest absolute Gasteiger partial charge is 0.478 e. The zero-order valence-electron chi connectivity index (χ0n) is 23.3. The van der Waals surface area contributed by atoms with Crippen LogP contribution in [0.25, 0.3) is 11.0 Å². The summed E-state index contributed by atoms with van der Waals surface area (Å²) in [4.78, 5) is 24.4. The maximum atomic E-state index is 12.0. The van der Waals surface area contributed by atoms with Gasteiger partial charge in [-0.05, 0) is 73.6 Å². The number of hydrogen-bond donors (Lipinski definition) is 2. The normalized spacial score (nSPS) is 27.8. The van der Waals surface area contributed by atoms with Crippen molar-refractivity contribution in [2.45, 2.75) is 57.2 Å². The van der Waals surface area contributed by atoms with E-state index in [2.05, 4.69) is 33.6 Å². The quantitative estimate of drug-likeness (QED) is 0.243. The molecule has 3 saturated carbocycles. The van der Waals surface area contributed by atoms with Crippen molar-refractivity contribution in [2.24, 2.45) is 10.8 Å². The molecule has 0 atom stereocenters. The van der Waals surface area contributed by atoms with Gasteiger partial charge >= 0.3 is 5.97 Å². The van der Waals surface area contributed by atoms with E-state index in [9.17, 15) is 9.90 Å². The number of aromatic amines is 1. The van der Waals surface area contributed by atoms with E-state index in [1.54, 1.807) is 23.4 Å². The minimum Gasteiger partial charge on any atom is -0.478 e. The highest BCUT2D eigenvalue weighted by atomic mass is 35.5. The number of piperazine rings is 1. The van der Waals surface area contributed by atoms with Crippen LogP contribution >= 0.6 is 11.6 Å². The fourth-order valence-corrected chi connectivity index (χ4v) is 8.33. The Bertz CT molecular complexity index is 1500. The first-order valence-electron chi connectivity index (χ1n) is 14.5. The van der Waals surface area contributed by atoms with E-state index in [1.807, 2.05) is 30.5 Å². The van der Waals surface area contributed by atoms with Gasteiger partial charge in [-0.2, -0.15) is 0 Å². The number of ether oxygens (including phenoxy) is 1. The number of aromatic carboxylic acids is 1. The van der Waals surface area contributed by atoms with Gasteiger partial charge in [-0.3, -0.25) is 4.90 Å². The SMILES string of the molecule is CC1(C)CCC(CN2CCN(c3ccc(C(=O)O)c(Oc4cnc5[nH]ccc5c4)c3)CC2)=C(C23CC(Cl)(C2)C3)C1. The molecule has 3 heterocycles. The van der Waals surface area contributed by atoms with Crippen LogP contribution in [-0.2, 0) is 0 Å². The summed E-state index contributed by atoms with van der Waals surface area (Å²) in [6.07, 6.45) is 10.7. The number of nitrogens with zero attached hydrogens (tertiary/aromatic N) is 3. The molecule has 0 radical (unpaired) electrons. The monoisotopic (exact) mass is 560 g/mol.